The van der Waals surface area contributed by atoms with E-state index in [-0.39, 0.29) is 16.8 Å². The van der Waals surface area contributed by atoms with Crippen LogP contribution in [0.4, 0.5) is 8.78 Å². The van der Waals surface area contributed by atoms with Crippen molar-refractivity contribution >= 4 is 17.6 Å². The molecule has 3 rings (SSSR count). The normalized spacial score (nSPS) is 28.7. The summed E-state index contributed by atoms with van der Waals surface area (Å²) in [5, 5.41) is 12.2. The Morgan fingerprint density at radius 2 is 2.38 bits per heavy atom. The summed E-state index contributed by atoms with van der Waals surface area (Å²) < 4.78 is 28.2. The quantitative estimate of drug-likeness (QED) is 0.869. The van der Waals surface area contributed by atoms with Gasteiger partial charge in [0.25, 0.3) is 5.92 Å². The second kappa shape index (κ2) is 2.74. The lowest BCUT2D eigenvalue weighted by Crippen LogP contribution is -2.17. The Bertz CT molecular complexity index is 500. The number of hydrogen-bond donors (Lipinski definition) is 1. The van der Waals surface area contributed by atoms with Crippen molar-refractivity contribution in [2.45, 2.75) is 24.8 Å². The highest BCUT2D eigenvalue weighted by Crippen LogP contribution is 2.67. The molecular weight excluding hydrogens is 242 g/mol. The summed E-state index contributed by atoms with van der Waals surface area (Å²) in [6, 6.07) is 0. The molecule has 7 heteroatoms. The van der Waals surface area contributed by atoms with Crippen LogP contribution in [0, 0.1) is 5.92 Å². The molecule has 0 saturated heterocycles. The Morgan fingerprint density at radius 3 is 2.94 bits per heavy atom. The summed E-state index contributed by atoms with van der Waals surface area (Å²) in [5.41, 5.74) is 0.0120. The van der Waals surface area contributed by atoms with Gasteiger partial charge in [-0.3, -0.25) is 4.79 Å². The van der Waals surface area contributed by atoms with Gasteiger partial charge in [-0.05, 0) is 12.3 Å². The molecule has 0 amide bonds. The number of carboxylic acids is 1. The lowest BCUT2D eigenvalue weighted by molar-refractivity contribution is -0.137. The van der Waals surface area contributed by atoms with Gasteiger partial charge >= 0.3 is 5.97 Å². The van der Waals surface area contributed by atoms with E-state index >= 15 is 0 Å². The predicted octanol–water partition coefficient (Wildman–Crippen LogP) is 1.83. The van der Waals surface area contributed by atoms with Crippen LogP contribution in [0.15, 0.2) is 0 Å². The van der Waals surface area contributed by atoms with E-state index in [9.17, 15) is 13.6 Å². The zero-order valence-corrected chi connectivity index (χ0v) is 8.71. The molecule has 0 bridgehead atoms. The fraction of sp³-hybridized carbons (Fsp3) is 0.556. The minimum absolute atomic E-state index is 0.0436. The first-order valence-electron chi connectivity index (χ1n) is 4.79. The topological polar surface area (TPSA) is 55.1 Å². The number of aromatic nitrogens is 2. The second-order valence-corrected chi connectivity index (χ2v) is 4.53. The van der Waals surface area contributed by atoms with Gasteiger partial charge in [0.05, 0.1) is 0 Å². The molecule has 4 nitrogen and oxygen atoms in total. The monoisotopic (exact) mass is 248 g/mol. The maximum atomic E-state index is 13.6. The van der Waals surface area contributed by atoms with E-state index in [4.69, 9.17) is 16.7 Å². The Labute approximate surface area is 93.8 Å². The van der Waals surface area contributed by atoms with Gasteiger partial charge < -0.3 is 5.11 Å². The zero-order chi connectivity index (χ0) is 11.7. The van der Waals surface area contributed by atoms with Crippen molar-refractivity contribution in [1.82, 2.24) is 9.78 Å². The molecule has 2 atom stereocenters. The highest BCUT2D eigenvalue weighted by molar-refractivity contribution is 6.30. The number of fused-ring (bicyclic) bond motifs is 3. The molecule has 1 fully saturated rings. The molecule has 1 aromatic rings. The zero-order valence-electron chi connectivity index (χ0n) is 7.95. The maximum absolute atomic E-state index is 13.6. The number of nitrogens with zero attached hydrogens (tertiary/aromatic N) is 2. The van der Waals surface area contributed by atoms with Crippen LogP contribution >= 0.6 is 11.6 Å². The van der Waals surface area contributed by atoms with Crippen molar-refractivity contribution in [2.24, 2.45) is 5.92 Å². The highest BCUT2D eigenvalue weighted by atomic mass is 35.5. The van der Waals surface area contributed by atoms with Gasteiger partial charge in [0.1, 0.15) is 17.4 Å². The molecule has 2 aliphatic carbocycles. The summed E-state index contributed by atoms with van der Waals surface area (Å²) in [6.45, 7) is -0.487. The smallest absolute Gasteiger partial charge is 0.325 e. The molecule has 0 radical (unpaired) electrons. The van der Waals surface area contributed by atoms with E-state index < -0.39 is 24.4 Å². The number of rotatable bonds is 2. The fourth-order valence-corrected chi connectivity index (χ4v) is 2.68. The number of carboxylic acid groups (broad SMARTS) is 1. The summed E-state index contributed by atoms with van der Waals surface area (Å²) in [5.74, 6) is -5.02. The van der Waals surface area contributed by atoms with Crippen LogP contribution in [0.2, 0.25) is 5.15 Å². The lowest BCUT2D eigenvalue weighted by Gasteiger charge is -2.08. The van der Waals surface area contributed by atoms with Gasteiger partial charge in [-0.15, -0.1) is 0 Å². The molecule has 1 N–H and O–H groups in total. The van der Waals surface area contributed by atoms with Crippen molar-refractivity contribution in [3.05, 3.63) is 16.4 Å². The Hall–Kier alpha value is -1.17. The van der Waals surface area contributed by atoms with E-state index in [2.05, 4.69) is 5.10 Å². The molecule has 16 heavy (non-hydrogen) atoms. The van der Waals surface area contributed by atoms with Crippen molar-refractivity contribution < 1.29 is 18.7 Å². The number of halogens is 3. The van der Waals surface area contributed by atoms with E-state index in [1.165, 1.54) is 0 Å². The standard InChI is InChI=1S/C9H7ClF2N2O2/c10-8-6-3-1-4(3)9(11,12)7(6)13-14(8)2-5(15)16/h3-4H,1-2H2,(H,15,16)/t3-,4?/m0/s1. The van der Waals surface area contributed by atoms with Crippen molar-refractivity contribution in [1.29, 1.82) is 0 Å². The Kier molecular flexibility index (Phi) is 1.71. The van der Waals surface area contributed by atoms with Crippen LogP contribution in [0.1, 0.15) is 23.6 Å². The molecule has 1 unspecified atom stereocenters. The number of carbonyl (C=O) groups is 1. The summed E-state index contributed by atoms with van der Waals surface area (Å²) in [4.78, 5) is 10.5. The van der Waals surface area contributed by atoms with Crippen LogP contribution in [-0.4, -0.2) is 20.9 Å². The highest BCUT2D eigenvalue weighted by Gasteiger charge is 2.66. The minimum Gasteiger partial charge on any atom is -0.480 e. The van der Waals surface area contributed by atoms with Crippen LogP contribution in [0.3, 0.4) is 0 Å². The molecular formula is C9H7ClF2N2O2. The molecule has 86 valence electrons. The van der Waals surface area contributed by atoms with Crippen LogP contribution in [0.25, 0.3) is 0 Å². The fourth-order valence-electron chi connectivity index (χ4n) is 2.35. The second-order valence-electron chi connectivity index (χ2n) is 4.18. The average molecular weight is 249 g/mol. The third-order valence-electron chi connectivity index (χ3n) is 3.15. The summed E-state index contributed by atoms with van der Waals surface area (Å²) >= 11 is 5.87. The largest absolute Gasteiger partial charge is 0.480 e. The minimum atomic E-state index is -2.95. The first kappa shape index (κ1) is 10.0. The molecule has 0 spiro atoms. The number of aliphatic carboxylic acids is 1. The van der Waals surface area contributed by atoms with Crippen molar-refractivity contribution in [3.63, 3.8) is 0 Å². The van der Waals surface area contributed by atoms with Crippen LogP contribution < -0.4 is 0 Å². The van der Waals surface area contributed by atoms with Crippen molar-refractivity contribution in [2.75, 3.05) is 0 Å². The van der Waals surface area contributed by atoms with E-state index in [0.717, 1.165) is 4.68 Å². The number of alkyl halides is 2. The molecule has 0 aliphatic heterocycles. The van der Waals surface area contributed by atoms with Gasteiger partial charge in [0.15, 0.2) is 0 Å². The molecule has 1 heterocycles. The maximum Gasteiger partial charge on any atom is 0.325 e. The van der Waals surface area contributed by atoms with Gasteiger partial charge in [-0.2, -0.15) is 13.9 Å². The first-order valence-corrected chi connectivity index (χ1v) is 5.17. The van der Waals surface area contributed by atoms with Crippen LogP contribution in [0.5, 0.6) is 0 Å². The van der Waals surface area contributed by atoms with Gasteiger partial charge in [-0.1, -0.05) is 11.6 Å². The molecule has 1 aromatic heterocycles. The Balaban J connectivity index is 2.09. The van der Waals surface area contributed by atoms with E-state index in [1.54, 1.807) is 0 Å². The Morgan fingerprint density at radius 1 is 1.69 bits per heavy atom. The third kappa shape index (κ3) is 1.08. The summed E-state index contributed by atoms with van der Waals surface area (Å²) in [7, 11) is 0. The molecule has 2 aliphatic rings. The van der Waals surface area contributed by atoms with Crippen LogP contribution in [-0.2, 0) is 17.3 Å². The van der Waals surface area contributed by atoms with Crippen molar-refractivity contribution in [3.8, 4) is 0 Å². The molecule has 0 aromatic carbocycles. The van der Waals surface area contributed by atoms with E-state index in [1.807, 2.05) is 0 Å². The van der Waals surface area contributed by atoms with Gasteiger partial charge in [-0.25, -0.2) is 4.68 Å². The average Bonchev–Trinajstić information content (AvgIpc) is 2.84. The van der Waals surface area contributed by atoms with Gasteiger partial charge in [0, 0.05) is 11.5 Å². The predicted molar refractivity (Wildman–Crippen MR) is 49.6 cm³/mol. The SMILES string of the molecule is O=C(O)Cn1nc2c(c1Cl)[C@H]1CC1C2(F)F. The summed E-state index contributed by atoms with van der Waals surface area (Å²) in [6.07, 6.45) is 0.415. The molecule has 1 saturated carbocycles. The van der Waals surface area contributed by atoms with E-state index in [0.29, 0.717) is 12.0 Å². The third-order valence-corrected chi connectivity index (χ3v) is 3.55. The van der Waals surface area contributed by atoms with Gasteiger partial charge in [0.2, 0.25) is 0 Å². The first-order chi connectivity index (χ1) is 7.43. The lowest BCUT2D eigenvalue weighted by atomic mass is 10.2. The number of hydrogen-bond acceptors (Lipinski definition) is 2.